The molecule has 0 bridgehead atoms. The molecule has 4 aromatic rings. The lowest BCUT2D eigenvalue weighted by molar-refractivity contribution is -0.132. The first-order valence-corrected chi connectivity index (χ1v) is 13.9. The highest BCUT2D eigenvalue weighted by atomic mass is 16.5. The number of amides is 3. The van der Waals surface area contributed by atoms with Gasteiger partial charge in [-0.05, 0) is 50.1 Å². The number of carbonyl (C=O) groups excluding carboxylic acids is 3. The minimum absolute atomic E-state index is 0.0704. The second-order valence-electron chi connectivity index (χ2n) is 10.1. The van der Waals surface area contributed by atoms with Gasteiger partial charge in [0.15, 0.2) is 5.69 Å². The summed E-state index contributed by atoms with van der Waals surface area (Å²) in [4.78, 5) is 43.1. The topological polar surface area (TPSA) is 197 Å². The normalized spacial score (nSPS) is 13.2. The van der Waals surface area contributed by atoms with Crippen molar-refractivity contribution in [2.75, 3.05) is 6.61 Å². The molecule has 232 valence electrons. The molecule has 2 heterocycles. The Morgan fingerprint density at radius 2 is 1.89 bits per heavy atom. The molecule has 4 rings (SSSR count). The zero-order valence-corrected chi connectivity index (χ0v) is 24.8. The van der Waals surface area contributed by atoms with Crippen molar-refractivity contribution in [3.63, 3.8) is 0 Å². The number of hydrogen-bond acceptors (Lipinski definition) is 10. The fraction of sp³-hybridized carbons (Fsp3) is 0.258. The molecule has 0 saturated carbocycles. The molecule has 14 heteroatoms. The smallest absolute Gasteiger partial charge is 0.274 e. The fourth-order valence-electron chi connectivity index (χ4n) is 4.07. The SMILES string of the molecule is Cc1ccc(CNC(=O)C(COc2cccc(C=C(C#N)n3cncn3)c2)NC(=O)C(NC(=O)c2cc(C)on2)C(C)O)cc1. The number of nitrogens with zero attached hydrogens (tertiary/aromatic N) is 5. The van der Waals surface area contributed by atoms with Crippen molar-refractivity contribution in [1.29, 1.82) is 5.26 Å². The number of aryl methyl sites for hydroxylation is 2. The molecule has 0 fully saturated rings. The molecule has 0 saturated heterocycles. The maximum atomic E-state index is 13.3. The average molecular weight is 613 g/mol. The number of nitriles is 1. The van der Waals surface area contributed by atoms with E-state index in [1.807, 2.05) is 31.2 Å². The summed E-state index contributed by atoms with van der Waals surface area (Å²) in [6, 6.07) is 15.1. The third-order valence-corrected chi connectivity index (χ3v) is 6.49. The zero-order chi connectivity index (χ0) is 32.3. The van der Waals surface area contributed by atoms with Gasteiger partial charge >= 0.3 is 0 Å². The summed E-state index contributed by atoms with van der Waals surface area (Å²) >= 11 is 0. The Morgan fingerprint density at radius 1 is 1.11 bits per heavy atom. The Labute approximate surface area is 258 Å². The van der Waals surface area contributed by atoms with Crippen molar-refractivity contribution in [2.24, 2.45) is 0 Å². The molecular weight excluding hydrogens is 580 g/mol. The number of aliphatic hydroxyl groups is 1. The number of aromatic nitrogens is 4. The van der Waals surface area contributed by atoms with E-state index >= 15 is 0 Å². The number of carbonyl (C=O) groups is 3. The molecule has 0 aliphatic carbocycles. The van der Waals surface area contributed by atoms with Crippen LogP contribution in [0.4, 0.5) is 0 Å². The maximum absolute atomic E-state index is 13.3. The summed E-state index contributed by atoms with van der Waals surface area (Å²) in [5.74, 6) is -1.37. The first-order valence-electron chi connectivity index (χ1n) is 13.9. The summed E-state index contributed by atoms with van der Waals surface area (Å²) in [6.07, 6.45) is 2.97. The van der Waals surface area contributed by atoms with Crippen LogP contribution in [0.25, 0.3) is 11.8 Å². The fourth-order valence-corrected chi connectivity index (χ4v) is 4.07. The molecule has 0 aliphatic rings. The monoisotopic (exact) mass is 612 g/mol. The zero-order valence-electron chi connectivity index (χ0n) is 24.8. The van der Waals surface area contributed by atoms with Crippen LogP contribution in [0.2, 0.25) is 0 Å². The second-order valence-corrected chi connectivity index (χ2v) is 10.1. The Balaban J connectivity index is 1.50. The average Bonchev–Trinajstić information content (AvgIpc) is 3.72. The Morgan fingerprint density at radius 3 is 2.53 bits per heavy atom. The van der Waals surface area contributed by atoms with Gasteiger partial charge in [0, 0.05) is 12.6 Å². The first-order chi connectivity index (χ1) is 21.6. The number of hydrogen-bond donors (Lipinski definition) is 4. The molecule has 0 aliphatic heterocycles. The number of allylic oxidation sites excluding steroid dienone is 1. The highest BCUT2D eigenvalue weighted by Crippen LogP contribution is 2.17. The van der Waals surface area contributed by atoms with Gasteiger partial charge in [-0.2, -0.15) is 10.4 Å². The standard InChI is InChI=1S/C31H32N8O6/c1-19-7-9-22(10-8-19)15-34-29(41)27(36-31(43)28(21(3)40)37-30(42)26-11-20(2)45-38-26)16-44-25-6-4-5-23(13-25)12-24(14-32)39-18-33-17-35-39/h4-13,17-18,21,27-28,40H,15-16H2,1-3H3,(H,34,41)(H,36,43)(H,37,42). The number of nitrogens with one attached hydrogen (secondary N) is 3. The van der Waals surface area contributed by atoms with E-state index < -0.39 is 35.9 Å². The number of benzene rings is 2. The van der Waals surface area contributed by atoms with Crippen molar-refractivity contribution in [3.8, 4) is 11.8 Å². The van der Waals surface area contributed by atoms with Crippen LogP contribution in [0.15, 0.2) is 71.8 Å². The third-order valence-electron chi connectivity index (χ3n) is 6.49. The third kappa shape index (κ3) is 9.09. The van der Waals surface area contributed by atoms with E-state index in [1.54, 1.807) is 37.3 Å². The Kier molecular flexibility index (Phi) is 10.8. The second kappa shape index (κ2) is 15.1. The van der Waals surface area contributed by atoms with Gasteiger partial charge in [0.05, 0.1) is 6.10 Å². The van der Waals surface area contributed by atoms with Crippen LogP contribution in [0.3, 0.4) is 0 Å². The minimum atomic E-state index is -1.42. The van der Waals surface area contributed by atoms with Gasteiger partial charge in [-0.3, -0.25) is 14.4 Å². The lowest BCUT2D eigenvalue weighted by atomic mass is 10.1. The van der Waals surface area contributed by atoms with Crippen molar-refractivity contribution in [2.45, 2.75) is 45.5 Å². The molecule has 0 spiro atoms. The Hall–Kier alpha value is -5.81. The molecule has 45 heavy (non-hydrogen) atoms. The number of ether oxygens (including phenoxy) is 1. The molecule has 4 N–H and O–H groups in total. The highest BCUT2D eigenvalue weighted by Gasteiger charge is 2.31. The van der Waals surface area contributed by atoms with E-state index in [0.717, 1.165) is 11.1 Å². The first kappa shape index (κ1) is 32.1. The minimum Gasteiger partial charge on any atom is -0.491 e. The van der Waals surface area contributed by atoms with Crippen LogP contribution in [0.1, 0.15) is 39.9 Å². The number of aliphatic hydroxyl groups excluding tert-OH is 1. The van der Waals surface area contributed by atoms with Crippen LogP contribution < -0.4 is 20.7 Å². The summed E-state index contributed by atoms with van der Waals surface area (Å²) in [7, 11) is 0. The lowest BCUT2D eigenvalue weighted by Gasteiger charge is -2.24. The van der Waals surface area contributed by atoms with E-state index in [1.165, 1.54) is 30.3 Å². The van der Waals surface area contributed by atoms with Gasteiger partial charge in [-0.15, -0.1) is 0 Å². The van der Waals surface area contributed by atoms with Gasteiger partial charge < -0.3 is 30.3 Å². The van der Waals surface area contributed by atoms with E-state index in [-0.39, 0.29) is 24.5 Å². The molecule has 2 aromatic carbocycles. The predicted molar refractivity (Wildman–Crippen MR) is 161 cm³/mol. The number of rotatable bonds is 13. The van der Waals surface area contributed by atoms with Gasteiger partial charge in [0.25, 0.3) is 5.91 Å². The summed E-state index contributed by atoms with van der Waals surface area (Å²) in [5.41, 5.74) is 2.67. The summed E-state index contributed by atoms with van der Waals surface area (Å²) in [5, 5.41) is 35.2. The van der Waals surface area contributed by atoms with Crippen LogP contribution in [-0.4, -0.2) is 67.5 Å². The molecule has 14 nitrogen and oxygen atoms in total. The molecular formula is C31H32N8O6. The molecule has 3 amide bonds. The van der Waals surface area contributed by atoms with Crippen molar-refractivity contribution < 1.29 is 28.8 Å². The van der Waals surface area contributed by atoms with Crippen molar-refractivity contribution in [1.82, 2.24) is 35.9 Å². The Bertz CT molecular complexity index is 1690. The van der Waals surface area contributed by atoms with Gasteiger partial charge in [-0.25, -0.2) is 9.67 Å². The highest BCUT2D eigenvalue weighted by molar-refractivity contribution is 5.97. The molecule has 0 radical (unpaired) electrons. The van der Waals surface area contributed by atoms with Crippen molar-refractivity contribution in [3.05, 3.63) is 95.4 Å². The van der Waals surface area contributed by atoms with Crippen LogP contribution in [0, 0.1) is 25.2 Å². The van der Waals surface area contributed by atoms with E-state index in [9.17, 15) is 24.8 Å². The molecule has 3 atom stereocenters. The molecule has 2 aromatic heterocycles. The summed E-state index contributed by atoms with van der Waals surface area (Å²) < 4.78 is 12.1. The van der Waals surface area contributed by atoms with Gasteiger partial charge in [-0.1, -0.05) is 47.1 Å². The summed E-state index contributed by atoms with van der Waals surface area (Å²) in [6.45, 7) is 4.78. The largest absolute Gasteiger partial charge is 0.491 e. The quantitative estimate of drug-likeness (QED) is 0.161. The van der Waals surface area contributed by atoms with Gasteiger partial charge in [0.1, 0.15) is 54.6 Å². The van der Waals surface area contributed by atoms with Crippen LogP contribution in [0.5, 0.6) is 5.75 Å². The predicted octanol–water partition coefficient (Wildman–Crippen LogP) is 1.76. The van der Waals surface area contributed by atoms with E-state index in [4.69, 9.17) is 9.26 Å². The van der Waals surface area contributed by atoms with Crippen LogP contribution in [-0.2, 0) is 16.1 Å². The molecule has 3 unspecified atom stereocenters. The van der Waals surface area contributed by atoms with E-state index in [0.29, 0.717) is 17.1 Å². The van der Waals surface area contributed by atoms with Crippen molar-refractivity contribution >= 4 is 29.5 Å². The van der Waals surface area contributed by atoms with E-state index in [2.05, 4.69) is 37.3 Å². The maximum Gasteiger partial charge on any atom is 0.274 e. The lowest BCUT2D eigenvalue weighted by Crippen LogP contribution is -2.58. The van der Waals surface area contributed by atoms with Crippen LogP contribution >= 0.6 is 0 Å². The van der Waals surface area contributed by atoms with Gasteiger partial charge in [0.2, 0.25) is 11.8 Å².